The number of aryl methyl sites for hydroxylation is 1. The van der Waals surface area contributed by atoms with Crippen molar-refractivity contribution in [2.45, 2.75) is 20.3 Å². The summed E-state index contributed by atoms with van der Waals surface area (Å²) < 4.78 is 9.99. The molecular formula is C23H21N3O5. The zero-order valence-corrected chi connectivity index (χ0v) is 17.2. The lowest BCUT2D eigenvalue weighted by Gasteiger charge is -2.16. The van der Waals surface area contributed by atoms with Crippen molar-refractivity contribution >= 4 is 29.2 Å². The van der Waals surface area contributed by atoms with Crippen LogP contribution in [0.25, 0.3) is 0 Å². The number of anilines is 2. The van der Waals surface area contributed by atoms with Crippen molar-refractivity contribution in [3.05, 3.63) is 77.0 Å². The van der Waals surface area contributed by atoms with E-state index in [-0.39, 0.29) is 24.1 Å². The molecule has 0 atom stereocenters. The van der Waals surface area contributed by atoms with Crippen LogP contribution in [0.3, 0.4) is 0 Å². The molecule has 0 bridgehead atoms. The fraction of sp³-hybridized carbons (Fsp3) is 0.217. The number of amides is 2. The first kappa shape index (κ1) is 20.3. The minimum Gasteiger partial charge on any atom is -0.472 e. The number of benzene rings is 1. The van der Waals surface area contributed by atoms with E-state index in [0.29, 0.717) is 35.5 Å². The third-order valence-electron chi connectivity index (χ3n) is 5.06. The summed E-state index contributed by atoms with van der Waals surface area (Å²) in [5.41, 5.74) is 3.84. The van der Waals surface area contributed by atoms with Crippen LogP contribution in [-0.4, -0.2) is 35.9 Å². The molecule has 0 fully saturated rings. The lowest BCUT2D eigenvalue weighted by molar-refractivity contribution is 0.0524. The van der Waals surface area contributed by atoms with Crippen LogP contribution in [-0.2, 0) is 11.2 Å². The van der Waals surface area contributed by atoms with E-state index in [2.05, 4.69) is 10.3 Å². The average molecular weight is 419 g/mol. The highest BCUT2D eigenvalue weighted by molar-refractivity contribution is 6.08. The van der Waals surface area contributed by atoms with E-state index in [0.717, 1.165) is 11.3 Å². The van der Waals surface area contributed by atoms with Gasteiger partial charge in [-0.3, -0.25) is 9.59 Å². The fourth-order valence-electron chi connectivity index (χ4n) is 3.54. The second kappa shape index (κ2) is 8.43. The molecule has 31 heavy (non-hydrogen) atoms. The number of aromatic nitrogens is 1. The number of rotatable bonds is 5. The van der Waals surface area contributed by atoms with Crippen LogP contribution in [0.2, 0.25) is 0 Å². The first-order valence-corrected chi connectivity index (χ1v) is 9.91. The molecule has 2 amide bonds. The minimum atomic E-state index is -0.465. The number of furan rings is 1. The van der Waals surface area contributed by atoms with Gasteiger partial charge in [-0.15, -0.1) is 0 Å². The fourth-order valence-corrected chi connectivity index (χ4v) is 3.54. The summed E-state index contributed by atoms with van der Waals surface area (Å²) in [5, 5.41) is 2.82. The smallest absolute Gasteiger partial charge is 0.339 e. The van der Waals surface area contributed by atoms with Gasteiger partial charge in [0.15, 0.2) is 0 Å². The van der Waals surface area contributed by atoms with Crippen molar-refractivity contribution in [1.29, 1.82) is 0 Å². The lowest BCUT2D eigenvalue weighted by atomic mass is 10.1. The summed E-state index contributed by atoms with van der Waals surface area (Å²) in [6.07, 6.45) is 3.59. The molecule has 3 heterocycles. The summed E-state index contributed by atoms with van der Waals surface area (Å²) in [6, 6.07) is 10.1. The first-order valence-electron chi connectivity index (χ1n) is 9.91. The van der Waals surface area contributed by atoms with Gasteiger partial charge in [0, 0.05) is 17.9 Å². The van der Waals surface area contributed by atoms with Gasteiger partial charge in [-0.25, -0.2) is 9.78 Å². The van der Waals surface area contributed by atoms with Crippen LogP contribution < -0.4 is 10.2 Å². The number of nitrogens with zero attached hydrogens (tertiary/aromatic N) is 2. The highest BCUT2D eigenvalue weighted by atomic mass is 16.5. The van der Waals surface area contributed by atoms with Gasteiger partial charge in [0.1, 0.15) is 12.0 Å². The topological polar surface area (TPSA) is 102 Å². The molecule has 1 aliphatic heterocycles. The zero-order chi connectivity index (χ0) is 22.0. The largest absolute Gasteiger partial charge is 0.472 e. The van der Waals surface area contributed by atoms with E-state index in [9.17, 15) is 14.4 Å². The van der Waals surface area contributed by atoms with Crippen molar-refractivity contribution in [3.63, 3.8) is 0 Å². The minimum absolute atomic E-state index is 0.120. The van der Waals surface area contributed by atoms with Gasteiger partial charge in [0.25, 0.3) is 11.8 Å². The maximum absolute atomic E-state index is 12.6. The maximum atomic E-state index is 12.6. The van der Waals surface area contributed by atoms with Gasteiger partial charge in [0.05, 0.1) is 29.7 Å². The molecule has 1 aliphatic rings. The Balaban J connectivity index is 1.48. The van der Waals surface area contributed by atoms with Crippen LogP contribution >= 0.6 is 0 Å². The Hall–Kier alpha value is -3.94. The predicted octanol–water partition coefficient (Wildman–Crippen LogP) is 3.61. The molecule has 0 unspecified atom stereocenters. The highest BCUT2D eigenvalue weighted by Gasteiger charge is 2.26. The molecular weight excluding hydrogens is 398 g/mol. The number of esters is 1. The number of carbonyl (C=O) groups is 3. The van der Waals surface area contributed by atoms with E-state index in [4.69, 9.17) is 9.15 Å². The molecule has 3 aromatic rings. The van der Waals surface area contributed by atoms with Gasteiger partial charge < -0.3 is 19.4 Å². The molecule has 0 radical (unpaired) electrons. The van der Waals surface area contributed by atoms with Gasteiger partial charge in [-0.1, -0.05) is 0 Å². The summed E-state index contributed by atoms with van der Waals surface area (Å²) in [4.78, 5) is 43.1. The van der Waals surface area contributed by atoms with Crippen molar-refractivity contribution in [2.75, 3.05) is 23.4 Å². The Morgan fingerprint density at radius 3 is 2.74 bits per heavy atom. The van der Waals surface area contributed by atoms with Crippen LogP contribution in [0.15, 0.2) is 53.3 Å². The van der Waals surface area contributed by atoms with Crippen LogP contribution in [0.1, 0.15) is 49.4 Å². The number of pyridine rings is 1. The molecule has 8 nitrogen and oxygen atoms in total. The number of nitrogens with one attached hydrogen (secondary N) is 1. The molecule has 158 valence electrons. The Bertz CT molecular complexity index is 1150. The molecule has 0 aliphatic carbocycles. The Kier molecular flexibility index (Phi) is 5.53. The van der Waals surface area contributed by atoms with E-state index < -0.39 is 5.97 Å². The summed E-state index contributed by atoms with van der Waals surface area (Å²) in [7, 11) is 0. The molecule has 0 saturated carbocycles. The van der Waals surface area contributed by atoms with Crippen LogP contribution in [0.5, 0.6) is 0 Å². The molecule has 8 heteroatoms. The van der Waals surface area contributed by atoms with E-state index in [1.54, 1.807) is 30.9 Å². The average Bonchev–Trinajstić information content (AvgIpc) is 3.43. The van der Waals surface area contributed by atoms with E-state index in [1.165, 1.54) is 24.7 Å². The van der Waals surface area contributed by atoms with Gasteiger partial charge in [-0.2, -0.15) is 0 Å². The summed E-state index contributed by atoms with van der Waals surface area (Å²) in [5.74, 6) is -0.971. The van der Waals surface area contributed by atoms with E-state index >= 15 is 0 Å². The summed E-state index contributed by atoms with van der Waals surface area (Å²) in [6.45, 7) is 4.21. The first-order chi connectivity index (χ1) is 15.0. The third kappa shape index (κ3) is 4.05. The van der Waals surface area contributed by atoms with Crippen LogP contribution in [0, 0.1) is 6.92 Å². The predicted molar refractivity (Wildman–Crippen MR) is 113 cm³/mol. The molecule has 0 saturated heterocycles. The van der Waals surface area contributed by atoms with Crippen molar-refractivity contribution in [2.24, 2.45) is 0 Å². The second-order valence-corrected chi connectivity index (χ2v) is 7.07. The molecule has 2 aromatic heterocycles. The number of fused-ring (bicyclic) bond motifs is 1. The van der Waals surface area contributed by atoms with Gasteiger partial charge in [-0.05, 0) is 62.2 Å². The van der Waals surface area contributed by atoms with Gasteiger partial charge >= 0.3 is 5.97 Å². The second-order valence-electron chi connectivity index (χ2n) is 7.07. The standard InChI is InChI=1S/C23H21N3O5/c1-3-31-23(29)18-5-6-19(24-14(18)2)21(27)25-17-4-7-20-15(12-17)8-10-26(20)22(28)16-9-11-30-13-16/h4-7,9,11-13H,3,8,10H2,1-2H3,(H,25,27). The molecule has 0 spiro atoms. The number of ether oxygens (including phenoxy) is 1. The number of hydrogen-bond donors (Lipinski definition) is 1. The van der Waals surface area contributed by atoms with Crippen LogP contribution in [0.4, 0.5) is 11.4 Å². The zero-order valence-electron chi connectivity index (χ0n) is 17.2. The summed E-state index contributed by atoms with van der Waals surface area (Å²) >= 11 is 0. The van der Waals surface area contributed by atoms with Crippen molar-refractivity contribution in [1.82, 2.24) is 4.98 Å². The number of carbonyl (C=O) groups excluding carboxylic acids is 3. The normalized spacial score (nSPS) is 12.4. The lowest BCUT2D eigenvalue weighted by Crippen LogP contribution is -2.28. The SMILES string of the molecule is CCOC(=O)c1ccc(C(=O)Nc2ccc3c(c2)CCN3C(=O)c2ccoc2)nc1C. The molecule has 4 rings (SSSR count). The maximum Gasteiger partial charge on any atom is 0.339 e. The Morgan fingerprint density at radius 1 is 1.19 bits per heavy atom. The molecule has 1 aromatic carbocycles. The van der Waals surface area contributed by atoms with Crippen molar-refractivity contribution in [3.8, 4) is 0 Å². The Morgan fingerprint density at radius 2 is 2.03 bits per heavy atom. The van der Waals surface area contributed by atoms with E-state index in [1.807, 2.05) is 12.1 Å². The van der Waals surface area contributed by atoms with Gasteiger partial charge in [0.2, 0.25) is 0 Å². The third-order valence-corrected chi connectivity index (χ3v) is 5.06. The highest BCUT2D eigenvalue weighted by Crippen LogP contribution is 2.31. The van der Waals surface area contributed by atoms with Crippen molar-refractivity contribution < 1.29 is 23.5 Å². The molecule has 1 N–H and O–H groups in total. The Labute approximate surface area is 178 Å². The number of hydrogen-bond acceptors (Lipinski definition) is 6. The monoisotopic (exact) mass is 419 g/mol. The quantitative estimate of drug-likeness (QED) is 0.634.